The molecule has 8 heteroatoms. The van der Waals surface area contributed by atoms with Gasteiger partial charge in [0.05, 0.1) is 7.11 Å². The van der Waals surface area contributed by atoms with E-state index >= 15 is 0 Å². The van der Waals surface area contributed by atoms with Gasteiger partial charge in [-0.25, -0.2) is 4.79 Å². The molecule has 0 bridgehead atoms. The van der Waals surface area contributed by atoms with Gasteiger partial charge in [-0.05, 0) is 23.2 Å². The Bertz CT molecular complexity index is 505. The molecule has 1 atom stereocenters. The third kappa shape index (κ3) is 4.72. The highest BCUT2D eigenvalue weighted by atomic mass is 79.9. The average molecular weight is 348 g/mol. The van der Waals surface area contributed by atoms with E-state index < -0.39 is 12.0 Å². The Morgan fingerprint density at radius 3 is 3.00 bits per heavy atom. The summed E-state index contributed by atoms with van der Waals surface area (Å²) >= 11 is 9.40. The van der Waals surface area contributed by atoms with Crippen LogP contribution in [0.15, 0.2) is 27.8 Å². The first-order valence-electron chi connectivity index (χ1n) is 5.37. The van der Waals surface area contributed by atoms with Gasteiger partial charge in [-0.3, -0.25) is 0 Å². The Morgan fingerprint density at radius 2 is 2.42 bits per heavy atom. The number of esters is 1. The van der Waals surface area contributed by atoms with Crippen molar-refractivity contribution < 1.29 is 9.53 Å². The van der Waals surface area contributed by atoms with Gasteiger partial charge >= 0.3 is 5.97 Å². The summed E-state index contributed by atoms with van der Waals surface area (Å²) in [7, 11) is 1.30. The number of rotatable bonds is 6. The van der Waals surface area contributed by atoms with E-state index in [4.69, 9.17) is 21.9 Å². The third-order valence-corrected chi connectivity index (χ3v) is 3.15. The summed E-state index contributed by atoms with van der Waals surface area (Å²) in [6.07, 6.45) is 0. The summed E-state index contributed by atoms with van der Waals surface area (Å²) in [5, 5.41) is 6.77. The van der Waals surface area contributed by atoms with E-state index in [0.717, 1.165) is 4.47 Å². The van der Waals surface area contributed by atoms with Crippen molar-refractivity contribution in [3.8, 4) is 0 Å². The molecule has 0 amide bonds. The molecule has 19 heavy (non-hydrogen) atoms. The molecule has 0 radical (unpaired) electrons. The number of nitrogens with zero attached hydrogens (tertiary/aromatic N) is 3. The fourth-order valence-corrected chi connectivity index (χ4v) is 2.26. The van der Waals surface area contributed by atoms with Crippen LogP contribution in [0.25, 0.3) is 10.4 Å². The van der Waals surface area contributed by atoms with Crippen molar-refractivity contribution in [2.45, 2.75) is 6.04 Å². The lowest BCUT2D eigenvalue weighted by molar-refractivity contribution is -0.143. The number of hydrogen-bond donors (Lipinski definition) is 1. The summed E-state index contributed by atoms with van der Waals surface area (Å²) in [4.78, 5) is 14.4. The lowest BCUT2D eigenvalue weighted by Gasteiger charge is -2.17. The van der Waals surface area contributed by atoms with Crippen LogP contribution in [-0.2, 0) is 9.53 Å². The first-order valence-corrected chi connectivity index (χ1v) is 6.54. The molecule has 0 aromatic heterocycles. The van der Waals surface area contributed by atoms with Crippen LogP contribution in [0, 0.1) is 0 Å². The lowest BCUT2D eigenvalue weighted by atomic mass is 10.1. The van der Waals surface area contributed by atoms with E-state index in [1.165, 1.54) is 7.11 Å². The standard InChI is InChI=1S/C11H12BrClN4O2/c1-19-11(18)10(15-4-5-16-17-14)8-3-2-7(12)6-9(8)13/h2-3,6,10,15H,4-5H2,1H3. The highest BCUT2D eigenvalue weighted by Gasteiger charge is 2.22. The van der Waals surface area contributed by atoms with Crippen LogP contribution in [0.5, 0.6) is 0 Å². The largest absolute Gasteiger partial charge is 0.468 e. The Hall–Kier alpha value is -1.27. The van der Waals surface area contributed by atoms with Crippen molar-refractivity contribution in [1.29, 1.82) is 0 Å². The van der Waals surface area contributed by atoms with Gasteiger partial charge < -0.3 is 10.1 Å². The molecule has 1 aromatic carbocycles. The van der Waals surface area contributed by atoms with Crippen molar-refractivity contribution in [3.05, 3.63) is 43.7 Å². The zero-order chi connectivity index (χ0) is 14.3. The summed E-state index contributed by atoms with van der Waals surface area (Å²) in [6, 6.07) is 4.52. The number of benzene rings is 1. The summed E-state index contributed by atoms with van der Waals surface area (Å²) in [5.74, 6) is -0.454. The monoisotopic (exact) mass is 346 g/mol. The molecule has 0 aliphatic rings. The number of carbonyl (C=O) groups excluding carboxylic acids is 1. The van der Waals surface area contributed by atoms with E-state index in [2.05, 4.69) is 31.3 Å². The molecule has 0 aliphatic carbocycles. The number of halogens is 2. The van der Waals surface area contributed by atoms with Gasteiger partial charge in [0.15, 0.2) is 0 Å². The zero-order valence-corrected chi connectivity index (χ0v) is 12.5. The second-order valence-electron chi connectivity index (χ2n) is 3.53. The van der Waals surface area contributed by atoms with E-state index in [-0.39, 0.29) is 6.54 Å². The van der Waals surface area contributed by atoms with E-state index in [9.17, 15) is 4.79 Å². The van der Waals surface area contributed by atoms with Crippen LogP contribution in [-0.4, -0.2) is 26.2 Å². The van der Waals surface area contributed by atoms with Gasteiger partial charge in [0.25, 0.3) is 0 Å². The molecule has 1 rings (SSSR count). The van der Waals surface area contributed by atoms with Gasteiger partial charge in [0.1, 0.15) is 6.04 Å². The second kappa shape index (κ2) is 8.01. The highest BCUT2D eigenvalue weighted by molar-refractivity contribution is 9.10. The van der Waals surface area contributed by atoms with Gasteiger partial charge in [-0.15, -0.1) is 0 Å². The lowest BCUT2D eigenvalue weighted by Crippen LogP contribution is -2.31. The summed E-state index contributed by atoms with van der Waals surface area (Å²) < 4.78 is 5.55. The van der Waals surface area contributed by atoms with E-state index in [1.54, 1.807) is 18.2 Å². The Kier molecular flexibility index (Phi) is 6.66. The van der Waals surface area contributed by atoms with Gasteiger partial charge in [0.2, 0.25) is 0 Å². The fraction of sp³-hybridized carbons (Fsp3) is 0.364. The first kappa shape index (κ1) is 15.8. The molecule has 0 saturated heterocycles. The number of nitrogens with one attached hydrogen (secondary N) is 1. The molecular formula is C11H12BrClN4O2. The van der Waals surface area contributed by atoms with Gasteiger partial charge in [-0.2, -0.15) is 0 Å². The summed E-state index contributed by atoms with van der Waals surface area (Å²) in [6.45, 7) is 0.578. The van der Waals surface area contributed by atoms with Crippen molar-refractivity contribution >= 4 is 33.5 Å². The van der Waals surface area contributed by atoms with Crippen molar-refractivity contribution in [2.75, 3.05) is 20.2 Å². The van der Waals surface area contributed by atoms with Crippen molar-refractivity contribution in [1.82, 2.24) is 5.32 Å². The van der Waals surface area contributed by atoms with Crippen molar-refractivity contribution in [3.63, 3.8) is 0 Å². The molecule has 102 valence electrons. The first-order chi connectivity index (χ1) is 9.10. The van der Waals surface area contributed by atoms with Crippen LogP contribution in [0.3, 0.4) is 0 Å². The minimum atomic E-state index is -0.695. The molecule has 1 N–H and O–H groups in total. The molecule has 6 nitrogen and oxygen atoms in total. The fourth-order valence-electron chi connectivity index (χ4n) is 1.48. The number of methoxy groups -OCH3 is 1. The molecule has 1 unspecified atom stereocenters. The van der Waals surface area contributed by atoms with Crippen LogP contribution >= 0.6 is 27.5 Å². The molecule has 0 fully saturated rings. The Balaban J connectivity index is 2.89. The molecule has 0 spiro atoms. The van der Waals surface area contributed by atoms with Crippen molar-refractivity contribution in [2.24, 2.45) is 5.11 Å². The van der Waals surface area contributed by atoms with Crippen LogP contribution in [0.1, 0.15) is 11.6 Å². The van der Waals surface area contributed by atoms with E-state index in [1.807, 2.05) is 0 Å². The maximum absolute atomic E-state index is 11.8. The number of ether oxygens (including phenoxy) is 1. The number of carbonyl (C=O) groups is 1. The van der Waals surface area contributed by atoms with Crippen LogP contribution < -0.4 is 5.32 Å². The predicted molar refractivity (Wildman–Crippen MR) is 75.9 cm³/mol. The molecular weight excluding hydrogens is 336 g/mol. The topological polar surface area (TPSA) is 87.1 Å². The zero-order valence-electron chi connectivity index (χ0n) is 10.1. The average Bonchev–Trinajstić information content (AvgIpc) is 2.39. The minimum absolute atomic E-state index is 0.234. The maximum atomic E-state index is 11.8. The van der Waals surface area contributed by atoms with E-state index in [0.29, 0.717) is 17.1 Å². The third-order valence-electron chi connectivity index (χ3n) is 2.33. The molecule has 1 aromatic rings. The summed E-state index contributed by atoms with van der Waals surface area (Å²) in [5.41, 5.74) is 8.80. The quantitative estimate of drug-likeness (QED) is 0.282. The smallest absolute Gasteiger partial charge is 0.327 e. The second-order valence-corrected chi connectivity index (χ2v) is 4.85. The Labute approximate surface area is 123 Å². The minimum Gasteiger partial charge on any atom is -0.468 e. The maximum Gasteiger partial charge on any atom is 0.327 e. The normalized spacial score (nSPS) is 11.5. The van der Waals surface area contributed by atoms with Crippen LogP contribution in [0.4, 0.5) is 0 Å². The number of hydrogen-bond acceptors (Lipinski definition) is 4. The highest BCUT2D eigenvalue weighted by Crippen LogP contribution is 2.27. The Morgan fingerprint density at radius 1 is 1.68 bits per heavy atom. The van der Waals surface area contributed by atoms with Gasteiger partial charge in [0, 0.05) is 27.5 Å². The molecule has 0 aliphatic heterocycles. The predicted octanol–water partition coefficient (Wildman–Crippen LogP) is 3.22. The van der Waals surface area contributed by atoms with Crippen LogP contribution in [0.2, 0.25) is 5.02 Å². The van der Waals surface area contributed by atoms with Gasteiger partial charge in [-0.1, -0.05) is 38.7 Å². The molecule has 0 saturated carbocycles. The number of azide groups is 1. The molecule has 0 heterocycles. The SMILES string of the molecule is COC(=O)C(NCCN=[N+]=[N-])c1ccc(Br)cc1Cl.